The minimum atomic E-state index is -1.06. The largest absolute Gasteiger partial charge is 0.480 e. The number of carbonyl (C=O) groups excluding carboxylic acids is 1. The van der Waals surface area contributed by atoms with Crippen LogP contribution in [0.25, 0.3) is 11.0 Å². The topological polar surface area (TPSA) is 105 Å². The van der Waals surface area contributed by atoms with Crippen molar-refractivity contribution < 1.29 is 14.7 Å². The predicted molar refractivity (Wildman–Crippen MR) is 110 cm³/mol. The molecular weight excluding hydrogens is 372 g/mol. The minimum absolute atomic E-state index is 0.169. The van der Waals surface area contributed by atoms with Crippen molar-refractivity contribution in [1.82, 2.24) is 24.2 Å². The van der Waals surface area contributed by atoms with E-state index in [1.54, 1.807) is 0 Å². The van der Waals surface area contributed by atoms with Crippen LogP contribution < -0.4 is 5.32 Å². The lowest BCUT2D eigenvalue weighted by Gasteiger charge is -2.19. The third-order valence-corrected chi connectivity index (χ3v) is 5.04. The summed E-state index contributed by atoms with van der Waals surface area (Å²) in [4.78, 5) is 31.0. The Labute approximate surface area is 168 Å². The van der Waals surface area contributed by atoms with Crippen molar-refractivity contribution in [3.8, 4) is 0 Å². The van der Waals surface area contributed by atoms with E-state index in [9.17, 15) is 14.7 Å². The molecule has 0 spiro atoms. The Morgan fingerprint density at radius 3 is 2.62 bits per heavy atom. The van der Waals surface area contributed by atoms with E-state index in [-0.39, 0.29) is 5.69 Å². The number of hydrogen-bond donors (Lipinski definition) is 2. The van der Waals surface area contributed by atoms with Gasteiger partial charge in [-0.25, -0.2) is 14.5 Å². The number of carboxylic acid groups (broad SMARTS) is 1. The Bertz CT molecular complexity index is 1000. The number of nitrogens with one attached hydrogen (secondary N) is 1. The van der Waals surface area contributed by atoms with Crippen LogP contribution in [0.1, 0.15) is 37.3 Å². The van der Waals surface area contributed by atoms with Gasteiger partial charge in [0.1, 0.15) is 11.7 Å². The number of rotatable bonds is 9. The molecule has 9 heteroatoms. The Balaban J connectivity index is 1.90. The quantitative estimate of drug-likeness (QED) is 0.574. The molecule has 0 aliphatic carbocycles. The Morgan fingerprint density at radius 1 is 1.21 bits per heavy atom. The first kappa shape index (κ1) is 20.5. The zero-order valence-corrected chi connectivity index (χ0v) is 16.9. The van der Waals surface area contributed by atoms with E-state index in [0.717, 1.165) is 30.7 Å². The van der Waals surface area contributed by atoms with Gasteiger partial charge in [-0.05, 0) is 38.2 Å². The van der Waals surface area contributed by atoms with Gasteiger partial charge in [0.15, 0.2) is 0 Å². The predicted octanol–water partition coefficient (Wildman–Crippen LogP) is 2.47. The average Bonchev–Trinajstić information content (AvgIpc) is 3.33. The van der Waals surface area contributed by atoms with E-state index >= 15 is 0 Å². The van der Waals surface area contributed by atoms with Crippen molar-refractivity contribution in [3.63, 3.8) is 0 Å². The zero-order chi connectivity index (χ0) is 21.0. The van der Waals surface area contributed by atoms with E-state index in [2.05, 4.69) is 34.1 Å². The highest BCUT2D eigenvalue weighted by atomic mass is 16.4. The first-order valence-electron chi connectivity index (χ1n) is 9.71. The van der Waals surface area contributed by atoms with Gasteiger partial charge in [-0.15, -0.1) is 0 Å². The fourth-order valence-corrected chi connectivity index (χ4v) is 3.25. The molecule has 1 atom stereocenters. The van der Waals surface area contributed by atoms with E-state index in [4.69, 9.17) is 0 Å². The molecular formula is C20H26N6O3. The summed E-state index contributed by atoms with van der Waals surface area (Å²) < 4.78 is 3.17. The second kappa shape index (κ2) is 8.87. The standard InChI is InChI=1S/C20H26N6O3/c1-4-24(5-2)12-13-25-16-9-7-6-8-15(16)22-20(25)23-18(27)17-10-11-21-26(17)14(3)19(28)29/h6-11,14H,4-5,12-13H2,1-3H3,(H,28,29)(H,22,23,27). The van der Waals surface area contributed by atoms with Gasteiger partial charge in [-0.3, -0.25) is 10.1 Å². The SMILES string of the molecule is CCN(CC)CCn1c(NC(=O)c2ccnn2C(C)C(=O)O)nc2ccccc21. The van der Waals surface area contributed by atoms with Gasteiger partial charge in [0.25, 0.3) is 5.91 Å². The molecule has 154 valence electrons. The molecule has 2 heterocycles. The normalized spacial score (nSPS) is 12.4. The van der Waals surface area contributed by atoms with Crippen LogP contribution in [0.5, 0.6) is 0 Å². The molecule has 0 saturated heterocycles. The molecule has 2 N–H and O–H groups in total. The van der Waals surface area contributed by atoms with Crippen LogP contribution in [0, 0.1) is 0 Å². The lowest BCUT2D eigenvalue weighted by molar-refractivity contribution is -0.140. The molecule has 2 aromatic heterocycles. The van der Waals surface area contributed by atoms with Crippen molar-refractivity contribution in [3.05, 3.63) is 42.2 Å². The second-order valence-corrected chi connectivity index (χ2v) is 6.73. The van der Waals surface area contributed by atoms with Crippen molar-refractivity contribution in [1.29, 1.82) is 0 Å². The molecule has 0 aliphatic rings. The molecule has 1 aromatic carbocycles. The fourth-order valence-electron chi connectivity index (χ4n) is 3.25. The number of carbonyl (C=O) groups is 2. The van der Waals surface area contributed by atoms with E-state index in [1.165, 1.54) is 23.9 Å². The highest BCUT2D eigenvalue weighted by molar-refractivity contribution is 6.03. The van der Waals surface area contributed by atoms with Crippen LogP contribution in [0.4, 0.5) is 5.95 Å². The molecule has 0 saturated carbocycles. The summed E-state index contributed by atoms with van der Waals surface area (Å²) in [6.07, 6.45) is 1.41. The summed E-state index contributed by atoms with van der Waals surface area (Å²) in [6.45, 7) is 9.08. The summed E-state index contributed by atoms with van der Waals surface area (Å²) >= 11 is 0. The van der Waals surface area contributed by atoms with Gasteiger partial charge in [0, 0.05) is 19.3 Å². The number of nitrogens with zero attached hydrogens (tertiary/aromatic N) is 5. The summed E-state index contributed by atoms with van der Waals surface area (Å²) in [7, 11) is 0. The first-order valence-corrected chi connectivity index (χ1v) is 9.71. The summed E-state index contributed by atoms with van der Waals surface area (Å²) in [5, 5.41) is 16.1. The van der Waals surface area contributed by atoms with Gasteiger partial charge in [-0.2, -0.15) is 5.10 Å². The molecule has 1 amide bonds. The number of aliphatic carboxylic acids is 1. The molecule has 0 bridgehead atoms. The van der Waals surface area contributed by atoms with Crippen molar-refractivity contribution >= 4 is 28.9 Å². The van der Waals surface area contributed by atoms with Crippen molar-refractivity contribution in [2.75, 3.05) is 25.0 Å². The molecule has 3 rings (SSSR count). The smallest absolute Gasteiger partial charge is 0.328 e. The van der Waals surface area contributed by atoms with E-state index < -0.39 is 17.9 Å². The van der Waals surface area contributed by atoms with Gasteiger partial charge in [0.2, 0.25) is 5.95 Å². The Kier molecular flexibility index (Phi) is 6.28. The highest BCUT2D eigenvalue weighted by Crippen LogP contribution is 2.21. The summed E-state index contributed by atoms with van der Waals surface area (Å²) in [6, 6.07) is 8.25. The van der Waals surface area contributed by atoms with Gasteiger partial charge >= 0.3 is 5.97 Å². The van der Waals surface area contributed by atoms with Crippen LogP contribution in [0.15, 0.2) is 36.5 Å². The number of aromatic nitrogens is 4. The number of fused-ring (bicyclic) bond motifs is 1. The maximum atomic E-state index is 12.9. The third-order valence-electron chi connectivity index (χ3n) is 5.04. The number of hydrogen-bond acceptors (Lipinski definition) is 5. The highest BCUT2D eigenvalue weighted by Gasteiger charge is 2.22. The Morgan fingerprint density at radius 2 is 1.93 bits per heavy atom. The van der Waals surface area contributed by atoms with Gasteiger partial charge in [-0.1, -0.05) is 26.0 Å². The maximum Gasteiger partial charge on any atom is 0.328 e. The third kappa shape index (κ3) is 4.29. The second-order valence-electron chi connectivity index (χ2n) is 6.73. The van der Waals surface area contributed by atoms with Crippen LogP contribution in [0.3, 0.4) is 0 Å². The lowest BCUT2D eigenvalue weighted by atomic mass is 10.3. The molecule has 0 aliphatic heterocycles. The zero-order valence-electron chi connectivity index (χ0n) is 16.9. The monoisotopic (exact) mass is 398 g/mol. The molecule has 29 heavy (non-hydrogen) atoms. The van der Waals surface area contributed by atoms with Gasteiger partial charge in [0.05, 0.1) is 11.0 Å². The molecule has 9 nitrogen and oxygen atoms in total. The van der Waals surface area contributed by atoms with Crippen molar-refractivity contribution in [2.24, 2.45) is 0 Å². The van der Waals surface area contributed by atoms with Crippen LogP contribution >= 0.6 is 0 Å². The summed E-state index contributed by atoms with van der Waals surface area (Å²) in [5.41, 5.74) is 1.89. The number of carboxylic acids is 1. The average molecular weight is 398 g/mol. The lowest BCUT2D eigenvalue weighted by Crippen LogP contribution is -2.28. The summed E-state index contributed by atoms with van der Waals surface area (Å²) in [5.74, 6) is -1.08. The number of benzene rings is 1. The van der Waals surface area contributed by atoms with Crippen LogP contribution in [0.2, 0.25) is 0 Å². The minimum Gasteiger partial charge on any atom is -0.480 e. The maximum absolute atomic E-state index is 12.9. The number of likely N-dealkylation sites (N-methyl/N-ethyl adjacent to an activating group) is 1. The number of para-hydroxylation sites is 2. The van der Waals surface area contributed by atoms with Crippen LogP contribution in [-0.4, -0.2) is 60.8 Å². The number of amides is 1. The van der Waals surface area contributed by atoms with Gasteiger partial charge < -0.3 is 14.6 Å². The molecule has 0 radical (unpaired) electrons. The van der Waals surface area contributed by atoms with E-state index in [1.807, 2.05) is 28.8 Å². The molecule has 3 aromatic rings. The number of anilines is 1. The first-order chi connectivity index (χ1) is 14.0. The van der Waals surface area contributed by atoms with E-state index in [0.29, 0.717) is 12.5 Å². The number of imidazole rings is 1. The molecule has 1 unspecified atom stereocenters. The van der Waals surface area contributed by atoms with Crippen molar-refractivity contribution in [2.45, 2.75) is 33.4 Å². The Hall–Kier alpha value is -3.20. The van der Waals surface area contributed by atoms with Crippen LogP contribution in [-0.2, 0) is 11.3 Å². The fraction of sp³-hybridized carbons (Fsp3) is 0.400. The molecule has 0 fully saturated rings.